The summed E-state index contributed by atoms with van der Waals surface area (Å²) in [6, 6.07) is 6.18. The maximum atomic E-state index is 12.3. The zero-order valence-corrected chi connectivity index (χ0v) is 17.6. The molecule has 1 heterocycles. The molecule has 0 saturated carbocycles. The summed E-state index contributed by atoms with van der Waals surface area (Å²) in [4.78, 5) is 26.3. The first-order valence-electron chi connectivity index (χ1n) is 9.90. The lowest BCUT2D eigenvalue weighted by Gasteiger charge is -2.33. The third kappa shape index (κ3) is 5.98. The fourth-order valence-corrected chi connectivity index (χ4v) is 3.38. The van der Waals surface area contributed by atoms with Gasteiger partial charge in [0.25, 0.3) is 5.91 Å². The Morgan fingerprint density at radius 3 is 2.41 bits per heavy atom. The van der Waals surface area contributed by atoms with Crippen LogP contribution in [-0.4, -0.2) is 42.5 Å². The summed E-state index contributed by atoms with van der Waals surface area (Å²) >= 11 is 0. The van der Waals surface area contributed by atoms with Crippen LogP contribution in [0.15, 0.2) is 18.2 Å². The van der Waals surface area contributed by atoms with Gasteiger partial charge in [0.05, 0.1) is 0 Å². The number of hydrogen-bond acceptors (Lipinski definition) is 3. The molecule has 5 nitrogen and oxygen atoms in total. The Morgan fingerprint density at radius 1 is 1.22 bits per heavy atom. The number of nitrogens with one attached hydrogen (secondary N) is 1. The lowest BCUT2D eigenvalue weighted by molar-refractivity contribution is -0.135. The average Bonchev–Trinajstić information content (AvgIpc) is 2.59. The molecule has 2 amide bonds. The minimum Gasteiger partial charge on any atom is -0.483 e. The number of piperidine rings is 1. The van der Waals surface area contributed by atoms with Crippen LogP contribution in [0.1, 0.15) is 58.6 Å². The van der Waals surface area contributed by atoms with E-state index in [0.717, 1.165) is 24.2 Å². The molecule has 0 spiro atoms. The summed E-state index contributed by atoms with van der Waals surface area (Å²) in [7, 11) is 0. The molecule has 5 heteroatoms. The molecule has 1 fully saturated rings. The number of aryl methyl sites for hydroxylation is 1. The number of nitrogens with zero attached hydrogens (tertiary/aromatic N) is 1. The van der Waals surface area contributed by atoms with Crippen molar-refractivity contribution in [2.24, 2.45) is 5.92 Å². The maximum Gasteiger partial charge on any atom is 0.258 e. The van der Waals surface area contributed by atoms with Gasteiger partial charge >= 0.3 is 0 Å². The third-order valence-electron chi connectivity index (χ3n) is 4.97. The van der Waals surface area contributed by atoms with E-state index in [4.69, 9.17) is 4.74 Å². The first kappa shape index (κ1) is 21.3. The molecule has 1 N–H and O–H groups in total. The van der Waals surface area contributed by atoms with Crippen molar-refractivity contribution in [3.8, 4) is 5.75 Å². The first-order chi connectivity index (χ1) is 12.6. The lowest BCUT2D eigenvalue weighted by atomic mass is 9.85. The van der Waals surface area contributed by atoms with Crippen molar-refractivity contribution in [1.82, 2.24) is 10.2 Å². The fourth-order valence-electron chi connectivity index (χ4n) is 3.38. The summed E-state index contributed by atoms with van der Waals surface area (Å²) in [5.74, 6) is 0.873. The Kier molecular flexibility index (Phi) is 6.90. The molecule has 1 aromatic carbocycles. The highest BCUT2D eigenvalue weighted by Gasteiger charge is 2.25. The van der Waals surface area contributed by atoms with Crippen molar-refractivity contribution in [1.29, 1.82) is 0 Å². The van der Waals surface area contributed by atoms with Crippen molar-refractivity contribution in [3.63, 3.8) is 0 Å². The molecule has 1 saturated heterocycles. The lowest BCUT2D eigenvalue weighted by Crippen LogP contribution is -2.48. The zero-order chi connectivity index (χ0) is 20.2. The summed E-state index contributed by atoms with van der Waals surface area (Å²) in [5.41, 5.74) is 2.24. The Hall–Kier alpha value is -2.04. The van der Waals surface area contributed by atoms with Crippen molar-refractivity contribution in [3.05, 3.63) is 29.3 Å². The quantitative estimate of drug-likeness (QED) is 0.859. The summed E-state index contributed by atoms with van der Waals surface area (Å²) in [6.07, 6.45) is 1.59. The van der Waals surface area contributed by atoms with Crippen LogP contribution < -0.4 is 10.1 Å². The van der Waals surface area contributed by atoms with Gasteiger partial charge in [-0.1, -0.05) is 52.3 Å². The van der Waals surface area contributed by atoms with E-state index in [1.54, 1.807) is 0 Å². The smallest absolute Gasteiger partial charge is 0.258 e. The Bertz CT molecular complexity index is 669. The largest absolute Gasteiger partial charge is 0.483 e. The van der Waals surface area contributed by atoms with Crippen LogP contribution in [0.25, 0.3) is 0 Å². The van der Waals surface area contributed by atoms with Crippen LogP contribution >= 0.6 is 0 Å². The molecule has 0 unspecified atom stereocenters. The van der Waals surface area contributed by atoms with E-state index in [9.17, 15) is 9.59 Å². The molecule has 0 radical (unpaired) electrons. The van der Waals surface area contributed by atoms with Crippen molar-refractivity contribution in [2.75, 3.05) is 19.7 Å². The SMILES string of the molecule is Cc1ccc(OCC(=O)NC2CCN(C(=O)C(C)C)CC2)c(C(C)(C)C)c1. The van der Waals surface area contributed by atoms with Gasteiger partial charge in [-0.2, -0.15) is 0 Å². The van der Waals surface area contributed by atoms with Crippen LogP contribution in [0, 0.1) is 12.8 Å². The number of ether oxygens (including phenoxy) is 1. The van der Waals surface area contributed by atoms with Crippen LogP contribution in [0.5, 0.6) is 5.75 Å². The summed E-state index contributed by atoms with van der Waals surface area (Å²) < 4.78 is 5.84. The van der Waals surface area contributed by atoms with Gasteiger partial charge in [-0.3, -0.25) is 9.59 Å². The van der Waals surface area contributed by atoms with E-state index in [1.165, 1.54) is 5.56 Å². The third-order valence-corrected chi connectivity index (χ3v) is 4.97. The van der Waals surface area contributed by atoms with Gasteiger partial charge in [-0.15, -0.1) is 0 Å². The van der Waals surface area contributed by atoms with Gasteiger partial charge in [-0.25, -0.2) is 0 Å². The molecule has 1 aliphatic rings. The topological polar surface area (TPSA) is 58.6 Å². The van der Waals surface area contributed by atoms with Crippen LogP contribution in [0.3, 0.4) is 0 Å². The highest BCUT2D eigenvalue weighted by atomic mass is 16.5. The Balaban J connectivity index is 1.85. The fraction of sp³-hybridized carbons (Fsp3) is 0.636. The molecule has 27 heavy (non-hydrogen) atoms. The maximum absolute atomic E-state index is 12.3. The molecule has 1 aromatic rings. The molecular weight excluding hydrogens is 340 g/mol. The Labute approximate surface area is 163 Å². The first-order valence-corrected chi connectivity index (χ1v) is 9.90. The normalized spacial score (nSPS) is 15.7. The van der Waals surface area contributed by atoms with E-state index in [0.29, 0.717) is 13.1 Å². The van der Waals surface area contributed by atoms with E-state index >= 15 is 0 Å². The van der Waals surface area contributed by atoms with Crippen molar-refractivity contribution >= 4 is 11.8 Å². The van der Waals surface area contributed by atoms with E-state index in [2.05, 4.69) is 39.1 Å². The number of benzene rings is 1. The molecule has 150 valence electrons. The standard InChI is InChI=1S/C22H34N2O3/c1-15(2)21(26)24-11-9-17(10-12-24)23-20(25)14-27-19-8-7-16(3)13-18(19)22(4,5)6/h7-8,13,15,17H,9-12,14H2,1-6H3,(H,23,25). The Morgan fingerprint density at radius 2 is 1.85 bits per heavy atom. The number of hydrogen-bond donors (Lipinski definition) is 1. The molecule has 0 aliphatic carbocycles. The van der Waals surface area contributed by atoms with Gasteiger partial charge in [0.15, 0.2) is 6.61 Å². The number of likely N-dealkylation sites (tertiary alicyclic amines) is 1. The van der Waals surface area contributed by atoms with Crippen molar-refractivity contribution < 1.29 is 14.3 Å². The van der Waals surface area contributed by atoms with Gasteiger partial charge in [0.2, 0.25) is 5.91 Å². The minimum absolute atomic E-state index is 0.0112. The molecular formula is C22H34N2O3. The summed E-state index contributed by atoms with van der Waals surface area (Å²) in [5, 5.41) is 3.05. The molecule has 0 bridgehead atoms. The second kappa shape index (κ2) is 8.77. The second-order valence-corrected chi connectivity index (χ2v) is 8.86. The predicted octanol–water partition coefficient (Wildman–Crippen LogP) is 3.43. The van der Waals surface area contributed by atoms with Gasteiger partial charge in [0.1, 0.15) is 5.75 Å². The van der Waals surface area contributed by atoms with Crippen LogP contribution in [0.4, 0.5) is 0 Å². The number of carbonyl (C=O) groups excluding carboxylic acids is 2. The van der Waals surface area contributed by atoms with Gasteiger partial charge in [0, 0.05) is 25.0 Å². The zero-order valence-electron chi connectivity index (χ0n) is 17.6. The van der Waals surface area contributed by atoms with Crippen molar-refractivity contribution in [2.45, 2.75) is 65.8 Å². The number of carbonyl (C=O) groups is 2. The molecule has 0 aromatic heterocycles. The van der Waals surface area contributed by atoms with E-state index in [-0.39, 0.29) is 35.8 Å². The van der Waals surface area contributed by atoms with Crippen LogP contribution in [0.2, 0.25) is 0 Å². The molecule has 1 aliphatic heterocycles. The van der Waals surface area contributed by atoms with Gasteiger partial charge < -0.3 is 15.0 Å². The highest BCUT2D eigenvalue weighted by Crippen LogP contribution is 2.32. The summed E-state index contributed by atoms with van der Waals surface area (Å²) in [6.45, 7) is 13.7. The van der Waals surface area contributed by atoms with Crippen LogP contribution in [-0.2, 0) is 15.0 Å². The van der Waals surface area contributed by atoms with E-state index in [1.807, 2.05) is 30.9 Å². The minimum atomic E-state index is -0.107. The predicted molar refractivity (Wildman–Crippen MR) is 108 cm³/mol. The second-order valence-electron chi connectivity index (χ2n) is 8.86. The molecule has 0 atom stereocenters. The average molecular weight is 375 g/mol. The monoisotopic (exact) mass is 374 g/mol. The number of amides is 2. The highest BCUT2D eigenvalue weighted by molar-refractivity contribution is 5.79. The van der Waals surface area contributed by atoms with E-state index < -0.39 is 0 Å². The molecule has 2 rings (SSSR count). The van der Waals surface area contributed by atoms with Gasteiger partial charge in [-0.05, 0) is 36.8 Å². The number of rotatable bonds is 5.